The molecule has 0 unspecified atom stereocenters. The van der Waals surface area contributed by atoms with Crippen molar-refractivity contribution in [3.05, 3.63) is 78.6 Å². The molecule has 1 N–H and O–H groups in total. The summed E-state index contributed by atoms with van der Waals surface area (Å²) >= 11 is 3.31. The van der Waals surface area contributed by atoms with Crippen LogP contribution in [-0.2, 0) is 0 Å². The van der Waals surface area contributed by atoms with Crippen LogP contribution in [-0.4, -0.2) is 10.8 Å². The molecule has 0 atom stereocenters. The Morgan fingerprint density at radius 3 is 2.68 bits per heavy atom. The molecule has 7 nitrogen and oxygen atoms in total. The molecule has 0 aliphatic carbocycles. The number of nitro benzene ring substituents is 1. The maximum absolute atomic E-state index is 12.4. The summed E-state index contributed by atoms with van der Waals surface area (Å²) in [5.74, 6) is -0.695. The van der Waals surface area contributed by atoms with Gasteiger partial charge >= 0.3 is 5.63 Å². The first-order valence-electron chi connectivity index (χ1n) is 7.15. The highest BCUT2D eigenvalue weighted by Gasteiger charge is 2.16. The largest absolute Gasteiger partial charge is 0.422 e. The molecule has 8 heteroatoms. The molecule has 0 aliphatic rings. The summed E-state index contributed by atoms with van der Waals surface area (Å²) < 4.78 is 5.93. The molecule has 0 bridgehead atoms. The van der Waals surface area contributed by atoms with E-state index in [0.717, 1.165) is 4.47 Å². The van der Waals surface area contributed by atoms with Crippen LogP contribution in [0.1, 0.15) is 15.9 Å². The summed E-state index contributed by atoms with van der Waals surface area (Å²) in [6.45, 7) is 1.69. The van der Waals surface area contributed by atoms with Crippen LogP contribution in [0, 0.1) is 17.0 Å². The Hall–Kier alpha value is -3.00. The van der Waals surface area contributed by atoms with Crippen molar-refractivity contribution in [3.8, 4) is 0 Å². The number of anilines is 1. The fourth-order valence-electron chi connectivity index (χ4n) is 2.30. The Morgan fingerprint density at radius 2 is 1.96 bits per heavy atom. The molecule has 3 rings (SSSR count). The van der Waals surface area contributed by atoms with E-state index in [4.69, 9.17) is 4.42 Å². The summed E-state index contributed by atoms with van der Waals surface area (Å²) in [6.07, 6.45) is 0. The van der Waals surface area contributed by atoms with Gasteiger partial charge in [0.2, 0.25) is 0 Å². The summed E-state index contributed by atoms with van der Waals surface area (Å²) in [5.41, 5.74) is 0.123. The molecule has 1 heterocycles. The third kappa shape index (κ3) is 3.43. The van der Waals surface area contributed by atoms with Gasteiger partial charge in [-0.3, -0.25) is 14.9 Å². The zero-order valence-corrected chi connectivity index (χ0v) is 14.5. The Morgan fingerprint density at radius 1 is 1.20 bits per heavy atom. The summed E-state index contributed by atoms with van der Waals surface area (Å²) in [7, 11) is 0. The number of fused-ring (bicyclic) bond motifs is 1. The predicted molar refractivity (Wildman–Crippen MR) is 96.0 cm³/mol. The van der Waals surface area contributed by atoms with E-state index in [-0.39, 0.29) is 16.9 Å². The number of nitrogens with zero attached hydrogens (tertiary/aromatic N) is 1. The van der Waals surface area contributed by atoms with Crippen molar-refractivity contribution in [3.63, 3.8) is 0 Å². The van der Waals surface area contributed by atoms with E-state index in [0.29, 0.717) is 16.5 Å². The molecular weight excluding hydrogens is 392 g/mol. The van der Waals surface area contributed by atoms with Crippen molar-refractivity contribution in [1.82, 2.24) is 0 Å². The molecule has 0 saturated heterocycles. The van der Waals surface area contributed by atoms with Crippen LogP contribution in [0.4, 0.5) is 11.4 Å². The highest BCUT2D eigenvalue weighted by Crippen LogP contribution is 2.23. The molecule has 0 spiro atoms. The molecule has 1 aromatic heterocycles. The molecule has 0 radical (unpaired) electrons. The molecule has 126 valence electrons. The fraction of sp³-hybridized carbons (Fsp3) is 0.0588. The van der Waals surface area contributed by atoms with Gasteiger partial charge in [0.05, 0.1) is 10.6 Å². The number of carbonyl (C=O) groups is 1. The third-order valence-electron chi connectivity index (χ3n) is 3.62. The Kier molecular flexibility index (Phi) is 4.37. The van der Waals surface area contributed by atoms with Gasteiger partial charge in [0.1, 0.15) is 11.1 Å². The average molecular weight is 403 g/mol. The highest BCUT2D eigenvalue weighted by molar-refractivity contribution is 9.10. The van der Waals surface area contributed by atoms with E-state index in [2.05, 4.69) is 21.2 Å². The number of hydrogen-bond acceptors (Lipinski definition) is 5. The van der Waals surface area contributed by atoms with E-state index in [9.17, 15) is 19.7 Å². The van der Waals surface area contributed by atoms with Gasteiger partial charge in [-0.05, 0) is 36.8 Å². The molecule has 1 amide bonds. The van der Waals surface area contributed by atoms with Gasteiger partial charge in [-0.1, -0.05) is 22.0 Å². The topological polar surface area (TPSA) is 102 Å². The van der Waals surface area contributed by atoms with Gasteiger partial charge in [-0.25, -0.2) is 4.79 Å². The minimum absolute atomic E-state index is 0.157. The molecular formula is C17H11BrN2O5. The van der Waals surface area contributed by atoms with Crippen LogP contribution < -0.4 is 10.9 Å². The van der Waals surface area contributed by atoms with Crippen LogP contribution in [0.15, 0.2) is 56.1 Å². The first kappa shape index (κ1) is 16.8. The number of benzene rings is 2. The minimum atomic E-state index is -0.782. The smallest absolute Gasteiger partial charge is 0.349 e. The quantitative estimate of drug-likeness (QED) is 0.404. The number of aryl methyl sites for hydroxylation is 1. The van der Waals surface area contributed by atoms with E-state index in [1.165, 1.54) is 24.3 Å². The minimum Gasteiger partial charge on any atom is -0.422 e. The number of rotatable bonds is 3. The second-order valence-electron chi connectivity index (χ2n) is 5.34. The van der Waals surface area contributed by atoms with Gasteiger partial charge in [0.25, 0.3) is 11.6 Å². The fourth-order valence-corrected chi connectivity index (χ4v) is 2.68. The average Bonchev–Trinajstić information content (AvgIpc) is 2.56. The van der Waals surface area contributed by atoms with Crippen molar-refractivity contribution in [1.29, 1.82) is 0 Å². The maximum Gasteiger partial charge on any atom is 0.349 e. The van der Waals surface area contributed by atoms with Crippen molar-refractivity contribution in [2.24, 2.45) is 0 Å². The van der Waals surface area contributed by atoms with E-state index < -0.39 is 16.5 Å². The standard InChI is InChI=1S/C17H11BrN2O5/c1-9-2-4-12(20(23)24)8-14(9)19-16(21)13-7-10-6-11(18)3-5-15(10)25-17(13)22/h2-8H,1H3,(H,19,21). The lowest BCUT2D eigenvalue weighted by Crippen LogP contribution is -2.21. The van der Waals surface area contributed by atoms with Crippen LogP contribution in [0.3, 0.4) is 0 Å². The Labute approximate surface area is 149 Å². The van der Waals surface area contributed by atoms with Crippen LogP contribution in [0.5, 0.6) is 0 Å². The van der Waals surface area contributed by atoms with Crippen LogP contribution >= 0.6 is 15.9 Å². The summed E-state index contributed by atoms with van der Waals surface area (Å²) in [4.78, 5) is 34.8. The van der Waals surface area contributed by atoms with Crippen molar-refractivity contribution in [2.45, 2.75) is 6.92 Å². The first-order chi connectivity index (χ1) is 11.8. The van der Waals surface area contributed by atoms with Gasteiger partial charge in [0, 0.05) is 22.0 Å². The second kappa shape index (κ2) is 6.48. The third-order valence-corrected chi connectivity index (χ3v) is 4.11. The lowest BCUT2D eigenvalue weighted by molar-refractivity contribution is -0.384. The zero-order valence-electron chi connectivity index (χ0n) is 12.9. The molecule has 0 saturated carbocycles. The number of nitrogens with one attached hydrogen (secondary N) is 1. The lowest BCUT2D eigenvalue weighted by Gasteiger charge is -2.08. The van der Waals surface area contributed by atoms with Gasteiger partial charge < -0.3 is 9.73 Å². The summed E-state index contributed by atoms with van der Waals surface area (Å²) in [5, 5.41) is 14.0. The molecule has 3 aromatic rings. The lowest BCUT2D eigenvalue weighted by atomic mass is 10.1. The number of hydrogen-bond donors (Lipinski definition) is 1. The number of carbonyl (C=O) groups excluding carboxylic acids is 1. The van der Waals surface area contributed by atoms with Crippen molar-refractivity contribution in [2.75, 3.05) is 5.32 Å². The van der Waals surface area contributed by atoms with Crippen LogP contribution in [0.25, 0.3) is 11.0 Å². The van der Waals surface area contributed by atoms with Crippen molar-refractivity contribution < 1.29 is 14.1 Å². The Balaban J connectivity index is 2.00. The molecule has 25 heavy (non-hydrogen) atoms. The number of non-ortho nitro benzene ring substituents is 1. The van der Waals surface area contributed by atoms with Gasteiger partial charge in [-0.15, -0.1) is 0 Å². The maximum atomic E-state index is 12.4. The van der Waals surface area contributed by atoms with E-state index >= 15 is 0 Å². The van der Waals surface area contributed by atoms with Gasteiger partial charge in [-0.2, -0.15) is 0 Å². The monoisotopic (exact) mass is 402 g/mol. The van der Waals surface area contributed by atoms with E-state index in [1.807, 2.05) is 0 Å². The van der Waals surface area contributed by atoms with Crippen LogP contribution in [0.2, 0.25) is 0 Å². The molecule has 0 aliphatic heterocycles. The number of nitro groups is 1. The SMILES string of the molecule is Cc1ccc([N+](=O)[O-])cc1NC(=O)c1cc2cc(Br)ccc2oc1=O. The second-order valence-corrected chi connectivity index (χ2v) is 6.26. The van der Waals surface area contributed by atoms with Crippen molar-refractivity contribution >= 4 is 44.2 Å². The number of halogens is 1. The predicted octanol–water partition coefficient (Wildman–Crippen LogP) is 4.02. The number of amides is 1. The molecule has 0 fully saturated rings. The summed E-state index contributed by atoms with van der Waals surface area (Å²) in [6, 6.07) is 10.6. The van der Waals surface area contributed by atoms with E-state index in [1.54, 1.807) is 25.1 Å². The zero-order chi connectivity index (χ0) is 18.1. The highest BCUT2D eigenvalue weighted by atomic mass is 79.9. The van der Waals surface area contributed by atoms with Gasteiger partial charge in [0.15, 0.2) is 0 Å². The normalized spacial score (nSPS) is 10.6. The molecule has 2 aromatic carbocycles. The Bertz CT molecular complexity index is 1070. The first-order valence-corrected chi connectivity index (χ1v) is 7.94.